The SMILES string of the molecule is CSCCCNC(=NCc1ccc(C)cc1C)NCc1nnc(C)n1C.I. The number of guanidine groups is 1. The highest BCUT2D eigenvalue weighted by Crippen LogP contribution is 2.11. The molecule has 0 aliphatic rings. The Morgan fingerprint density at radius 2 is 1.96 bits per heavy atom. The Labute approximate surface area is 184 Å². The number of aromatic nitrogens is 3. The fourth-order valence-corrected chi connectivity index (χ4v) is 2.99. The van der Waals surface area contributed by atoms with Gasteiger partial charge in [-0.15, -0.1) is 34.2 Å². The van der Waals surface area contributed by atoms with Crippen molar-refractivity contribution in [3.05, 3.63) is 46.5 Å². The lowest BCUT2D eigenvalue weighted by molar-refractivity contribution is 0.711. The molecule has 1 aromatic heterocycles. The Balaban J connectivity index is 0.00000364. The normalized spacial score (nSPS) is 11.2. The van der Waals surface area contributed by atoms with Crippen LogP contribution in [0.3, 0.4) is 0 Å². The average Bonchev–Trinajstić information content (AvgIpc) is 2.93. The van der Waals surface area contributed by atoms with Crippen molar-refractivity contribution >= 4 is 41.7 Å². The quantitative estimate of drug-likeness (QED) is 0.251. The number of halogens is 1. The monoisotopic (exact) mass is 502 g/mol. The van der Waals surface area contributed by atoms with Crippen LogP contribution in [-0.2, 0) is 20.1 Å². The van der Waals surface area contributed by atoms with E-state index >= 15 is 0 Å². The third-order valence-corrected chi connectivity index (χ3v) is 5.02. The first-order valence-corrected chi connectivity index (χ1v) is 10.3. The predicted molar refractivity (Wildman–Crippen MR) is 126 cm³/mol. The van der Waals surface area contributed by atoms with E-state index in [9.17, 15) is 0 Å². The molecule has 6 nitrogen and oxygen atoms in total. The minimum absolute atomic E-state index is 0. The number of hydrogen-bond donors (Lipinski definition) is 2. The van der Waals surface area contributed by atoms with E-state index in [4.69, 9.17) is 4.99 Å². The summed E-state index contributed by atoms with van der Waals surface area (Å²) in [5.41, 5.74) is 3.80. The Morgan fingerprint density at radius 1 is 1.19 bits per heavy atom. The summed E-state index contributed by atoms with van der Waals surface area (Å²) in [7, 11) is 1.98. The van der Waals surface area contributed by atoms with Crippen molar-refractivity contribution in [2.75, 3.05) is 18.6 Å². The van der Waals surface area contributed by atoms with Gasteiger partial charge in [0.1, 0.15) is 5.82 Å². The van der Waals surface area contributed by atoms with Gasteiger partial charge in [-0.05, 0) is 50.3 Å². The fraction of sp³-hybridized carbons (Fsp3) is 0.526. The van der Waals surface area contributed by atoms with Gasteiger partial charge >= 0.3 is 0 Å². The maximum Gasteiger partial charge on any atom is 0.191 e. The maximum atomic E-state index is 4.76. The van der Waals surface area contributed by atoms with Crippen molar-refractivity contribution in [2.24, 2.45) is 12.0 Å². The van der Waals surface area contributed by atoms with E-state index in [1.807, 2.05) is 30.3 Å². The van der Waals surface area contributed by atoms with Gasteiger partial charge < -0.3 is 15.2 Å². The maximum absolute atomic E-state index is 4.76. The van der Waals surface area contributed by atoms with Crippen molar-refractivity contribution in [3.8, 4) is 0 Å². The molecule has 0 saturated heterocycles. The van der Waals surface area contributed by atoms with E-state index in [1.165, 1.54) is 16.7 Å². The summed E-state index contributed by atoms with van der Waals surface area (Å²) in [6, 6.07) is 6.50. The Morgan fingerprint density at radius 3 is 2.59 bits per heavy atom. The van der Waals surface area contributed by atoms with Crippen LogP contribution in [0.4, 0.5) is 0 Å². The number of nitrogens with zero attached hydrogens (tertiary/aromatic N) is 4. The van der Waals surface area contributed by atoms with Gasteiger partial charge in [-0.1, -0.05) is 23.8 Å². The number of rotatable bonds is 8. The molecule has 0 bridgehead atoms. The molecule has 0 unspecified atom stereocenters. The molecule has 1 aromatic carbocycles. The van der Waals surface area contributed by atoms with Crippen molar-refractivity contribution in [2.45, 2.75) is 40.3 Å². The van der Waals surface area contributed by atoms with Crippen LogP contribution >= 0.6 is 35.7 Å². The first-order valence-electron chi connectivity index (χ1n) is 8.93. The smallest absolute Gasteiger partial charge is 0.191 e. The van der Waals surface area contributed by atoms with Crippen molar-refractivity contribution in [3.63, 3.8) is 0 Å². The van der Waals surface area contributed by atoms with Crippen LogP contribution in [0.2, 0.25) is 0 Å². The molecule has 0 aliphatic carbocycles. The highest BCUT2D eigenvalue weighted by atomic mass is 127. The molecule has 2 rings (SSSR count). The molecule has 150 valence electrons. The third-order valence-electron chi connectivity index (χ3n) is 4.32. The minimum Gasteiger partial charge on any atom is -0.356 e. The Bertz CT molecular complexity index is 744. The van der Waals surface area contributed by atoms with Crippen LogP contribution in [0.1, 0.15) is 34.8 Å². The zero-order chi connectivity index (χ0) is 18.9. The van der Waals surface area contributed by atoms with Crippen molar-refractivity contribution in [1.82, 2.24) is 25.4 Å². The standard InChI is InChI=1S/C19H30N6S.HI/c1-14-7-8-17(15(2)11-14)12-21-19(20-9-6-10-26-5)22-13-18-24-23-16(3)25(18)4;/h7-8,11H,6,9-10,12-13H2,1-5H3,(H2,20,21,22);1H. The van der Waals surface area contributed by atoms with Crippen LogP contribution in [-0.4, -0.2) is 39.3 Å². The number of benzene rings is 1. The third kappa shape index (κ3) is 7.69. The van der Waals surface area contributed by atoms with Gasteiger partial charge in [-0.2, -0.15) is 11.8 Å². The van der Waals surface area contributed by atoms with Gasteiger partial charge in [-0.3, -0.25) is 0 Å². The lowest BCUT2D eigenvalue weighted by Crippen LogP contribution is -2.38. The number of hydrogen-bond acceptors (Lipinski definition) is 4. The number of aliphatic imine (C=N–C) groups is 1. The second kappa shape index (κ2) is 12.2. The number of thioether (sulfide) groups is 1. The van der Waals surface area contributed by atoms with Gasteiger partial charge in [0.2, 0.25) is 0 Å². The van der Waals surface area contributed by atoms with Crippen LogP contribution in [0.15, 0.2) is 23.2 Å². The van der Waals surface area contributed by atoms with E-state index < -0.39 is 0 Å². The first kappa shape index (κ1) is 23.7. The minimum atomic E-state index is 0. The van der Waals surface area contributed by atoms with E-state index in [0.29, 0.717) is 13.1 Å². The zero-order valence-electron chi connectivity index (χ0n) is 16.9. The van der Waals surface area contributed by atoms with Crippen molar-refractivity contribution in [1.29, 1.82) is 0 Å². The largest absolute Gasteiger partial charge is 0.356 e. The molecule has 0 atom stereocenters. The molecule has 0 spiro atoms. The highest BCUT2D eigenvalue weighted by molar-refractivity contribution is 14.0. The summed E-state index contributed by atoms with van der Waals surface area (Å²) in [6.45, 7) is 8.35. The van der Waals surface area contributed by atoms with Gasteiger partial charge in [0, 0.05) is 13.6 Å². The average molecular weight is 502 g/mol. The molecule has 0 aliphatic heterocycles. The van der Waals surface area contributed by atoms with Crippen LogP contribution in [0.25, 0.3) is 0 Å². The van der Waals surface area contributed by atoms with E-state index in [-0.39, 0.29) is 24.0 Å². The van der Waals surface area contributed by atoms with Crippen molar-refractivity contribution < 1.29 is 0 Å². The van der Waals surface area contributed by atoms with Gasteiger partial charge in [0.15, 0.2) is 11.8 Å². The fourth-order valence-electron chi connectivity index (χ4n) is 2.55. The summed E-state index contributed by atoms with van der Waals surface area (Å²) < 4.78 is 1.99. The Kier molecular flexibility index (Phi) is 10.8. The molecule has 0 fully saturated rings. The molecule has 2 aromatic rings. The Hall–Kier alpha value is -1.29. The molecular weight excluding hydrogens is 471 g/mol. The van der Waals surface area contributed by atoms with Gasteiger partial charge in [-0.25, -0.2) is 4.99 Å². The van der Waals surface area contributed by atoms with Gasteiger partial charge in [0.25, 0.3) is 0 Å². The molecule has 1 heterocycles. The second-order valence-corrected chi connectivity index (χ2v) is 7.43. The molecule has 0 radical (unpaired) electrons. The second-order valence-electron chi connectivity index (χ2n) is 6.44. The van der Waals surface area contributed by atoms with Crippen LogP contribution < -0.4 is 10.6 Å². The highest BCUT2D eigenvalue weighted by Gasteiger charge is 2.06. The number of aryl methyl sites for hydroxylation is 3. The topological polar surface area (TPSA) is 67.1 Å². The summed E-state index contributed by atoms with van der Waals surface area (Å²) in [5.74, 6) is 3.75. The molecular formula is C19H31IN6S. The summed E-state index contributed by atoms with van der Waals surface area (Å²) in [4.78, 5) is 4.76. The summed E-state index contributed by atoms with van der Waals surface area (Å²) in [6.07, 6.45) is 3.23. The van der Waals surface area contributed by atoms with E-state index in [0.717, 1.165) is 36.3 Å². The predicted octanol–water partition coefficient (Wildman–Crippen LogP) is 3.35. The molecule has 0 saturated carbocycles. The van der Waals surface area contributed by atoms with Crippen LogP contribution in [0, 0.1) is 20.8 Å². The zero-order valence-corrected chi connectivity index (χ0v) is 20.0. The van der Waals surface area contributed by atoms with E-state index in [2.05, 4.69) is 59.1 Å². The number of nitrogens with one attached hydrogen (secondary N) is 2. The molecule has 27 heavy (non-hydrogen) atoms. The van der Waals surface area contributed by atoms with Gasteiger partial charge in [0.05, 0.1) is 13.1 Å². The summed E-state index contributed by atoms with van der Waals surface area (Å²) >= 11 is 1.86. The molecule has 8 heteroatoms. The first-order chi connectivity index (χ1) is 12.5. The van der Waals surface area contributed by atoms with E-state index in [1.54, 1.807) is 0 Å². The lowest BCUT2D eigenvalue weighted by atomic mass is 10.1. The molecule has 2 N–H and O–H groups in total. The summed E-state index contributed by atoms with van der Waals surface area (Å²) in [5, 5.41) is 15.1. The lowest BCUT2D eigenvalue weighted by Gasteiger charge is -2.13. The van der Waals surface area contributed by atoms with Crippen LogP contribution in [0.5, 0.6) is 0 Å². The molecule has 0 amide bonds.